The number of carboxylic acid groups (broad SMARTS) is 1. The largest absolute Gasteiger partial charge is 0.479 e. The van der Waals surface area contributed by atoms with E-state index in [2.05, 4.69) is 0 Å². The van der Waals surface area contributed by atoms with Gasteiger partial charge in [0.2, 0.25) is 0 Å². The molecule has 1 rings (SSSR count). The minimum Gasteiger partial charge on any atom is -0.479 e. The third kappa shape index (κ3) is 2.77. The molecule has 17 heavy (non-hydrogen) atoms. The number of rotatable bonds is 5. The molecule has 1 N–H and O–H groups in total. The Morgan fingerprint density at radius 1 is 1.24 bits per heavy atom. The zero-order chi connectivity index (χ0) is 13.2. The first-order valence-electron chi connectivity index (χ1n) is 5.15. The molecule has 0 aromatic rings. The van der Waals surface area contributed by atoms with Crippen molar-refractivity contribution in [3.05, 3.63) is 12.2 Å². The average molecular weight is 239 g/mol. The predicted octanol–water partition coefficient (Wildman–Crippen LogP) is -0.0202. The SMILES string of the molecule is CC(C)CC(=O)C(C(=O)O)N1C(=O)C=CC1=O. The number of amides is 2. The van der Waals surface area contributed by atoms with Crippen molar-refractivity contribution >= 4 is 23.6 Å². The molecule has 1 aliphatic heterocycles. The Morgan fingerprint density at radius 3 is 2.06 bits per heavy atom. The lowest BCUT2D eigenvalue weighted by molar-refractivity contribution is -0.157. The van der Waals surface area contributed by atoms with Crippen LogP contribution in [-0.4, -0.2) is 39.6 Å². The van der Waals surface area contributed by atoms with E-state index in [1.54, 1.807) is 13.8 Å². The number of ketones is 1. The lowest BCUT2D eigenvalue weighted by Crippen LogP contribution is -2.50. The number of Topliss-reactive ketones (excluding diaryl/α,β-unsaturated/α-hetero) is 1. The van der Waals surface area contributed by atoms with Gasteiger partial charge in [0.15, 0.2) is 11.8 Å². The Balaban J connectivity index is 2.94. The molecular formula is C11H13NO5. The van der Waals surface area contributed by atoms with Gasteiger partial charge in [0.1, 0.15) is 0 Å². The molecule has 0 bridgehead atoms. The highest BCUT2D eigenvalue weighted by molar-refractivity contribution is 6.19. The van der Waals surface area contributed by atoms with Crippen molar-refractivity contribution in [1.29, 1.82) is 0 Å². The van der Waals surface area contributed by atoms with Gasteiger partial charge in [-0.15, -0.1) is 0 Å². The summed E-state index contributed by atoms with van der Waals surface area (Å²) in [7, 11) is 0. The molecule has 0 spiro atoms. The molecule has 0 fully saturated rings. The molecule has 1 atom stereocenters. The van der Waals surface area contributed by atoms with Crippen LogP contribution in [0, 0.1) is 5.92 Å². The Morgan fingerprint density at radius 2 is 1.71 bits per heavy atom. The van der Waals surface area contributed by atoms with Crippen LogP contribution >= 0.6 is 0 Å². The van der Waals surface area contributed by atoms with Crippen LogP contribution in [0.1, 0.15) is 20.3 Å². The molecule has 6 nitrogen and oxygen atoms in total. The van der Waals surface area contributed by atoms with Gasteiger partial charge in [-0.05, 0) is 5.92 Å². The van der Waals surface area contributed by atoms with E-state index in [-0.39, 0.29) is 12.3 Å². The van der Waals surface area contributed by atoms with Crippen LogP contribution in [0.2, 0.25) is 0 Å². The zero-order valence-electron chi connectivity index (χ0n) is 9.54. The topological polar surface area (TPSA) is 91.8 Å². The van der Waals surface area contributed by atoms with Crippen LogP contribution in [0.5, 0.6) is 0 Å². The van der Waals surface area contributed by atoms with Gasteiger partial charge >= 0.3 is 5.97 Å². The number of carbonyl (C=O) groups excluding carboxylic acids is 3. The molecule has 1 heterocycles. The molecule has 0 aromatic heterocycles. The van der Waals surface area contributed by atoms with Gasteiger partial charge in [0, 0.05) is 18.6 Å². The van der Waals surface area contributed by atoms with E-state index in [1.165, 1.54) is 0 Å². The molecule has 1 aliphatic rings. The standard InChI is InChI=1S/C11H13NO5/c1-6(2)5-7(13)10(11(16)17)12-8(14)3-4-9(12)15/h3-4,6,10H,5H2,1-2H3,(H,16,17). The maximum Gasteiger partial charge on any atom is 0.334 e. The lowest BCUT2D eigenvalue weighted by Gasteiger charge is -2.21. The number of imide groups is 1. The van der Waals surface area contributed by atoms with Gasteiger partial charge in [-0.25, -0.2) is 4.79 Å². The first-order chi connectivity index (χ1) is 7.84. The quantitative estimate of drug-likeness (QED) is 0.537. The summed E-state index contributed by atoms with van der Waals surface area (Å²) in [5.41, 5.74) is 0. The molecule has 0 saturated heterocycles. The van der Waals surface area contributed by atoms with Gasteiger partial charge in [-0.2, -0.15) is 0 Å². The molecule has 92 valence electrons. The van der Waals surface area contributed by atoms with Crippen molar-refractivity contribution in [1.82, 2.24) is 4.90 Å². The second-order valence-corrected chi connectivity index (χ2v) is 4.18. The summed E-state index contributed by atoms with van der Waals surface area (Å²) in [6.07, 6.45) is 1.93. The third-order valence-corrected chi connectivity index (χ3v) is 2.25. The van der Waals surface area contributed by atoms with Crippen LogP contribution < -0.4 is 0 Å². The monoisotopic (exact) mass is 239 g/mol. The van der Waals surface area contributed by atoms with Crippen molar-refractivity contribution in [2.75, 3.05) is 0 Å². The first-order valence-corrected chi connectivity index (χ1v) is 5.15. The number of carboxylic acids is 1. The van der Waals surface area contributed by atoms with E-state index in [9.17, 15) is 19.2 Å². The average Bonchev–Trinajstić information content (AvgIpc) is 2.48. The maximum atomic E-state index is 11.7. The van der Waals surface area contributed by atoms with Crippen molar-refractivity contribution < 1.29 is 24.3 Å². The highest BCUT2D eigenvalue weighted by atomic mass is 16.4. The van der Waals surface area contributed by atoms with Crippen molar-refractivity contribution in [3.8, 4) is 0 Å². The second-order valence-electron chi connectivity index (χ2n) is 4.18. The first kappa shape index (κ1) is 13.1. The smallest absolute Gasteiger partial charge is 0.334 e. The molecule has 0 radical (unpaired) electrons. The van der Waals surface area contributed by atoms with Crippen molar-refractivity contribution in [2.45, 2.75) is 26.3 Å². The fraction of sp³-hybridized carbons (Fsp3) is 0.455. The Bertz CT molecular complexity index is 392. The molecule has 2 amide bonds. The second kappa shape index (κ2) is 4.90. The predicted molar refractivity (Wildman–Crippen MR) is 56.9 cm³/mol. The number of aliphatic carboxylic acids is 1. The Hall–Kier alpha value is -1.98. The number of hydrogen-bond acceptors (Lipinski definition) is 4. The van der Waals surface area contributed by atoms with E-state index >= 15 is 0 Å². The van der Waals surface area contributed by atoms with E-state index in [0.29, 0.717) is 4.90 Å². The fourth-order valence-corrected chi connectivity index (χ4v) is 1.57. The normalized spacial score (nSPS) is 16.8. The van der Waals surface area contributed by atoms with Crippen LogP contribution in [0.3, 0.4) is 0 Å². The van der Waals surface area contributed by atoms with Gasteiger partial charge < -0.3 is 5.11 Å². The van der Waals surface area contributed by atoms with E-state index in [1.807, 2.05) is 0 Å². The minimum absolute atomic E-state index is 0.00796. The summed E-state index contributed by atoms with van der Waals surface area (Å²) in [5.74, 6) is -3.69. The summed E-state index contributed by atoms with van der Waals surface area (Å²) in [5, 5.41) is 8.96. The number of hydrogen-bond donors (Lipinski definition) is 1. The van der Waals surface area contributed by atoms with Crippen LogP contribution in [0.15, 0.2) is 12.2 Å². The summed E-state index contributed by atoms with van der Waals surface area (Å²) >= 11 is 0. The molecular weight excluding hydrogens is 226 g/mol. The lowest BCUT2D eigenvalue weighted by atomic mass is 10.0. The third-order valence-electron chi connectivity index (χ3n) is 2.25. The summed E-state index contributed by atoms with van der Waals surface area (Å²) < 4.78 is 0. The Labute approximate surface area is 97.9 Å². The van der Waals surface area contributed by atoms with Gasteiger partial charge in [-0.3, -0.25) is 19.3 Å². The van der Waals surface area contributed by atoms with Crippen molar-refractivity contribution in [3.63, 3.8) is 0 Å². The van der Waals surface area contributed by atoms with E-state index in [4.69, 9.17) is 5.11 Å². The van der Waals surface area contributed by atoms with E-state index < -0.39 is 29.6 Å². The molecule has 1 unspecified atom stereocenters. The van der Waals surface area contributed by atoms with Crippen LogP contribution in [0.25, 0.3) is 0 Å². The van der Waals surface area contributed by atoms with Gasteiger partial charge in [-0.1, -0.05) is 13.8 Å². The minimum atomic E-state index is -1.72. The number of carbonyl (C=O) groups is 4. The Kier molecular flexibility index (Phi) is 3.77. The highest BCUT2D eigenvalue weighted by Gasteiger charge is 2.40. The summed E-state index contributed by atoms with van der Waals surface area (Å²) in [6, 6.07) is -1.72. The van der Waals surface area contributed by atoms with Crippen molar-refractivity contribution in [2.24, 2.45) is 5.92 Å². The van der Waals surface area contributed by atoms with Crippen LogP contribution in [-0.2, 0) is 19.2 Å². The molecule has 0 aromatic carbocycles. The molecule has 0 saturated carbocycles. The van der Waals surface area contributed by atoms with Gasteiger partial charge in [0.25, 0.3) is 11.8 Å². The molecule has 0 aliphatic carbocycles. The highest BCUT2D eigenvalue weighted by Crippen LogP contribution is 2.14. The summed E-state index contributed by atoms with van der Waals surface area (Å²) in [4.78, 5) is 45.9. The van der Waals surface area contributed by atoms with Crippen LogP contribution in [0.4, 0.5) is 0 Å². The zero-order valence-corrected chi connectivity index (χ0v) is 9.54. The van der Waals surface area contributed by atoms with E-state index in [0.717, 1.165) is 12.2 Å². The summed E-state index contributed by atoms with van der Waals surface area (Å²) in [6.45, 7) is 3.51. The van der Waals surface area contributed by atoms with Gasteiger partial charge in [0.05, 0.1) is 0 Å². The maximum absolute atomic E-state index is 11.7. The number of nitrogens with zero attached hydrogens (tertiary/aromatic N) is 1. The fourth-order valence-electron chi connectivity index (χ4n) is 1.57. The molecule has 6 heteroatoms.